The van der Waals surface area contributed by atoms with Crippen molar-refractivity contribution in [2.24, 2.45) is 0 Å². The van der Waals surface area contributed by atoms with E-state index in [0.717, 1.165) is 26.2 Å². The summed E-state index contributed by atoms with van der Waals surface area (Å²) in [4.78, 5) is 14.4. The highest BCUT2D eigenvalue weighted by Crippen LogP contribution is 2.16. The van der Waals surface area contributed by atoms with Crippen molar-refractivity contribution in [1.82, 2.24) is 35.5 Å². The van der Waals surface area contributed by atoms with Crippen molar-refractivity contribution in [2.75, 3.05) is 33.2 Å². The number of aromatic nitrogens is 4. The molecule has 1 N–H and O–H groups in total. The summed E-state index contributed by atoms with van der Waals surface area (Å²) in [6, 6.07) is 7.00. The number of likely N-dealkylation sites (N-methyl/N-ethyl adjacent to an activating group) is 1. The van der Waals surface area contributed by atoms with E-state index in [9.17, 15) is 4.79 Å². The molecule has 1 aliphatic rings. The highest BCUT2D eigenvalue weighted by molar-refractivity contribution is 6.30. The molecule has 0 unspecified atom stereocenters. The first-order valence-electron chi connectivity index (χ1n) is 7.96. The van der Waals surface area contributed by atoms with Gasteiger partial charge in [-0.15, -0.1) is 5.10 Å². The molecule has 25 heavy (non-hydrogen) atoms. The van der Waals surface area contributed by atoms with Crippen molar-refractivity contribution in [3.63, 3.8) is 0 Å². The van der Waals surface area contributed by atoms with E-state index in [1.807, 2.05) is 5.01 Å². The lowest BCUT2D eigenvalue weighted by Gasteiger charge is -2.32. The van der Waals surface area contributed by atoms with Crippen LogP contribution in [0.25, 0.3) is 0 Å². The van der Waals surface area contributed by atoms with E-state index in [-0.39, 0.29) is 19.1 Å². The first-order chi connectivity index (χ1) is 12.1. The molecule has 3 rings (SSSR count). The Kier molecular flexibility index (Phi) is 5.79. The van der Waals surface area contributed by atoms with Gasteiger partial charge in [0.05, 0.1) is 0 Å². The van der Waals surface area contributed by atoms with Crippen molar-refractivity contribution in [1.29, 1.82) is 0 Å². The van der Waals surface area contributed by atoms with Gasteiger partial charge in [0.2, 0.25) is 0 Å². The van der Waals surface area contributed by atoms with Gasteiger partial charge in [0.25, 0.3) is 5.91 Å². The van der Waals surface area contributed by atoms with E-state index in [2.05, 4.69) is 32.9 Å². The van der Waals surface area contributed by atoms with Crippen LogP contribution in [0.15, 0.2) is 24.3 Å². The lowest BCUT2D eigenvalue weighted by atomic mass is 10.3. The molecule has 0 saturated carbocycles. The number of piperazine rings is 1. The fraction of sp³-hybridized carbons (Fsp3) is 0.467. The summed E-state index contributed by atoms with van der Waals surface area (Å²) in [6.07, 6.45) is 0. The first-order valence-corrected chi connectivity index (χ1v) is 8.34. The third-order valence-electron chi connectivity index (χ3n) is 3.87. The second-order valence-electron chi connectivity index (χ2n) is 5.82. The standard InChI is InChI=1S/C15H20ClN7O2/c1-21-6-8-22(9-7-21)18-15(24)10-23-14(17-19-20-23)11-25-13-4-2-12(16)3-5-13/h2-5H,6-11H2,1H3,(H,18,24). The Morgan fingerprint density at radius 2 is 1.96 bits per heavy atom. The molecule has 2 aromatic rings. The van der Waals surface area contributed by atoms with Crippen LogP contribution < -0.4 is 10.2 Å². The predicted molar refractivity (Wildman–Crippen MR) is 90.8 cm³/mol. The summed E-state index contributed by atoms with van der Waals surface area (Å²) in [7, 11) is 2.06. The average Bonchev–Trinajstić information content (AvgIpc) is 3.03. The monoisotopic (exact) mass is 365 g/mol. The van der Waals surface area contributed by atoms with Gasteiger partial charge in [0.15, 0.2) is 5.82 Å². The number of tetrazole rings is 1. The highest BCUT2D eigenvalue weighted by Gasteiger charge is 2.17. The SMILES string of the molecule is CN1CCN(NC(=O)Cn2nnnc2COc2ccc(Cl)cc2)CC1. The Labute approximate surface area is 150 Å². The van der Waals surface area contributed by atoms with E-state index < -0.39 is 0 Å². The van der Waals surface area contributed by atoms with Crippen LogP contribution in [0.1, 0.15) is 5.82 Å². The summed E-state index contributed by atoms with van der Waals surface area (Å²) in [5.74, 6) is 0.967. The van der Waals surface area contributed by atoms with Crippen molar-refractivity contribution >= 4 is 17.5 Å². The summed E-state index contributed by atoms with van der Waals surface area (Å²) in [5, 5.41) is 13.9. The lowest BCUT2D eigenvalue weighted by Crippen LogP contribution is -2.53. The van der Waals surface area contributed by atoms with E-state index in [1.54, 1.807) is 24.3 Å². The number of hydrogen-bond donors (Lipinski definition) is 1. The molecule has 0 spiro atoms. The van der Waals surface area contributed by atoms with E-state index in [4.69, 9.17) is 16.3 Å². The summed E-state index contributed by atoms with van der Waals surface area (Å²) >= 11 is 5.84. The number of nitrogens with one attached hydrogen (secondary N) is 1. The number of carbonyl (C=O) groups excluding carboxylic acids is 1. The van der Waals surface area contributed by atoms with Crippen LogP contribution in [0.3, 0.4) is 0 Å². The normalized spacial score (nSPS) is 15.9. The molecule has 1 amide bonds. The number of halogens is 1. The van der Waals surface area contributed by atoms with Crippen LogP contribution in [-0.4, -0.2) is 69.2 Å². The number of carbonyl (C=O) groups is 1. The van der Waals surface area contributed by atoms with Crippen LogP contribution in [0.4, 0.5) is 0 Å². The van der Waals surface area contributed by atoms with E-state index >= 15 is 0 Å². The topological polar surface area (TPSA) is 88.4 Å². The van der Waals surface area contributed by atoms with Crippen LogP contribution >= 0.6 is 11.6 Å². The van der Waals surface area contributed by atoms with Crippen molar-refractivity contribution in [3.05, 3.63) is 35.1 Å². The van der Waals surface area contributed by atoms with E-state index in [0.29, 0.717) is 16.6 Å². The number of amides is 1. The fourth-order valence-electron chi connectivity index (χ4n) is 2.39. The van der Waals surface area contributed by atoms with Gasteiger partial charge >= 0.3 is 0 Å². The van der Waals surface area contributed by atoms with Gasteiger partial charge in [-0.1, -0.05) is 11.6 Å². The maximum Gasteiger partial charge on any atom is 0.256 e. The molecule has 0 aliphatic carbocycles. The zero-order valence-corrected chi connectivity index (χ0v) is 14.7. The van der Waals surface area contributed by atoms with Crippen molar-refractivity contribution < 1.29 is 9.53 Å². The number of benzene rings is 1. The van der Waals surface area contributed by atoms with Gasteiger partial charge in [-0.25, -0.2) is 9.69 Å². The molecule has 10 heteroatoms. The van der Waals surface area contributed by atoms with Gasteiger partial charge in [0, 0.05) is 31.2 Å². The number of rotatable bonds is 6. The fourth-order valence-corrected chi connectivity index (χ4v) is 2.52. The Morgan fingerprint density at radius 3 is 2.68 bits per heavy atom. The van der Waals surface area contributed by atoms with Crippen molar-refractivity contribution in [3.8, 4) is 5.75 Å². The van der Waals surface area contributed by atoms with Crippen molar-refractivity contribution in [2.45, 2.75) is 13.2 Å². The number of hydrazine groups is 1. The molecule has 0 bridgehead atoms. The number of nitrogens with zero attached hydrogens (tertiary/aromatic N) is 6. The summed E-state index contributed by atoms with van der Waals surface area (Å²) < 4.78 is 7.05. The quantitative estimate of drug-likeness (QED) is 0.781. The van der Waals surface area contributed by atoms with Crippen LogP contribution in [0.5, 0.6) is 5.75 Å². The largest absolute Gasteiger partial charge is 0.486 e. The van der Waals surface area contributed by atoms with Crippen LogP contribution in [0, 0.1) is 0 Å². The molecule has 0 radical (unpaired) electrons. The second kappa shape index (κ2) is 8.24. The Morgan fingerprint density at radius 1 is 1.24 bits per heavy atom. The smallest absolute Gasteiger partial charge is 0.256 e. The molecule has 1 saturated heterocycles. The highest BCUT2D eigenvalue weighted by atomic mass is 35.5. The van der Waals surface area contributed by atoms with Gasteiger partial charge in [0.1, 0.15) is 18.9 Å². The third-order valence-corrected chi connectivity index (χ3v) is 4.12. The Balaban J connectivity index is 1.50. The minimum Gasteiger partial charge on any atom is -0.486 e. The first kappa shape index (κ1) is 17.6. The molecular weight excluding hydrogens is 346 g/mol. The summed E-state index contributed by atoms with van der Waals surface area (Å²) in [6.45, 7) is 3.64. The summed E-state index contributed by atoms with van der Waals surface area (Å²) in [5.41, 5.74) is 2.88. The Bertz CT molecular complexity index is 698. The minimum absolute atomic E-state index is 0.0403. The molecule has 2 heterocycles. The molecule has 1 aliphatic heterocycles. The van der Waals surface area contributed by atoms with Crippen LogP contribution in [-0.2, 0) is 17.9 Å². The zero-order chi connectivity index (χ0) is 17.6. The van der Waals surface area contributed by atoms with Crippen LogP contribution in [0.2, 0.25) is 5.02 Å². The predicted octanol–water partition coefficient (Wildman–Crippen LogP) is 0.184. The maximum absolute atomic E-state index is 12.2. The average molecular weight is 366 g/mol. The maximum atomic E-state index is 12.2. The molecule has 1 aromatic heterocycles. The van der Waals surface area contributed by atoms with Gasteiger partial charge in [-0.05, 0) is 41.7 Å². The molecular formula is C15H20ClN7O2. The second-order valence-corrected chi connectivity index (χ2v) is 6.26. The molecule has 1 aromatic carbocycles. The van der Waals surface area contributed by atoms with Gasteiger partial charge in [-0.3, -0.25) is 10.2 Å². The third kappa shape index (κ3) is 5.12. The molecule has 0 atom stereocenters. The zero-order valence-electron chi connectivity index (χ0n) is 13.9. The molecule has 134 valence electrons. The Hall–Kier alpha value is -2.23. The molecule has 9 nitrogen and oxygen atoms in total. The molecule has 1 fully saturated rings. The number of ether oxygens (including phenoxy) is 1. The van der Waals surface area contributed by atoms with E-state index in [1.165, 1.54) is 4.68 Å². The van der Waals surface area contributed by atoms with Gasteiger partial charge < -0.3 is 9.64 Å². The van der Waals surface area contributed by atoms with Gasteiger partial charge in [-0.2, -0.15) is 0 Å². The lowest BCUT2D eigenvalue weighted by molar-refractivity contribution is -0.127. The minimum atomic E-state index is -0.162. The number of hydrogen-bond acceptors (Lipinski definition) is 7.